The van der Waals surface area contributed by atoms with E-state index in [0.717, 1.165) is 12.2 Å². The lowest BCUT2D eigenvalue weighted by Crippen LogP contribution is -1.92. The van der Waals surface area contributed by atoms with Crippen LogP contribution in [0, 0.1) is 23.3 Å². The molecule has 0 unspecified atom stereocenters. The molecule has 0 fully saturated rings. The Morgan fingerprint density at radius 3 is 1.26 bits per heavy atom. The molecule has 0 aliphatic rings. The van der Waals surface area contributed by atoms with Gasteiger partial charge in [0.05, 0.1) is 0 Å². The van der Waals surface area contributed by atoms with E-state index in [2.05, 4.69) is 9.98 Å². The summed E-state index contributed by atoms with van der Waals surface area (Å²) in [5.74, 6) is -5.79. The summed E-state index contributed by atoms with van der Waals surface area (Å²) in [5.41, 5.74) is -1.75. The SMILES string of the molecule is O=C=Nc1c(F)cc(Oc2cc(F)c(N=C=O)c(F)c2)cc1F. The molecule has 0 aromatic heterocycles. The van der Waals surface area contributed by atoms with E-state index < -0.39 is 46.1 Å². The van der Waals surface area contributed by atoms with Gasteiger partial charge in [0.1, 0.15) is 22.9 Å². The lowest BCUT2D eigenvalue weighted by molar-refractivity contribution is 0.458. The molecular weight excluding hydrogens is 320 g/mol. The standard InChI is InChI=1S/C14H4F4N2O3/c15-9-1-7(2-10(16)13(9)19-5-21)23-8-3-11(17)14(20-6-22)12(18)4-8/h1-4H. The zero-order valence-corrected chi connectivity index (χ0v) is 10.9. The number of ether oxygens (including phenoxy) is 1. The monoisotopic (exact) mass is 324 g/mol. The second-order valence-corrected chi connectivity index (χ2v) is 3.98. The number of hydrogen-bond donors (Lipinski definition) is 0. The zero-order valence-electron chi connectivity index (χ0n) is 10.9. The van der Waals surface area contributed by atoms with Crippen LogP contribution < -0.4 is 4.74 Å². The maximum atomic E-state index is 13.5. The fourth-order valence-corrected chi connectivity index (χ4v) is 1.64. The van der Waals surface area contributed by atoms with Gasteiger partial charge >= 0.3 is 0 Å². The van der Waals surface area contributed by atoms with Gasteiger partial charge in [-0.3, -0.25) is 0 Å². The van der Waals surface area contributed by atoms with Crippen LogP contribution in [0.5, 0.6) is 11.5 Å². The van der Waals surface area contributed by atoms with E-state index in [0.29, 0.717) is 24.3 Å². The Morgan fingerprint density at radius 1 is 0.696 bits per heavy atom. The predicted octanol–water partition coefficient (Wildman–Crippen LogP) is 3.97. The number of carbonyl (C=O) groups excluding carboxylic acids is 2. The van der Waals surface area contributed by atoms with Crippen LogP contribution in [0.3, 0.4) is 0 Å². The summed E-state index contributed by atoms with van der Waals surface area (Å²) >= 11 is 0. The third-order valence-electron chi connectivity index (χ3n) is 2.53. The number of rotatable bonds is 4. The van der Waals surface area contributed by atoms with Gasteiger partial charge in [0.25, 0.3) is 0 Å². The Morgan fingerprint density at radius 2 is 1.00 bits per heavy atom. The Balaban J connectivity index is 2.40. The van der Waals surface area contributed by atoms with Crippen LogP contribution in [0.1, 0.15) is 0 Å². The molecule has 0 aliphatic heterocycles. The minimum Gasteiger partial charge on any atom is -0.457 e. The van der Waals surface area contributed by atoms with Gasteiger partial charge in [0, 0.05) is 24.3 Å². The molecule has 23 heavy (non-hydrogen) atoms. The number of halogens is 4. The summed E-state index contributed by atoms with van der Waals surface area (Å²) in [6.45, 7) is 0. The number of isocyanates is 2. The first-order chi connectivity index (χ1) is 11.0. The summed E-state index contributed by atoms with van der Waals surface area (Å²) in [6.07, 6.45) is 1.96. The molecule has 116 valence electrons. The molecule has 9 heteroatoms. The first-order valence-electron chi connectivity index (χ1n) is 5.78. The van der Waals surface area contributed by atoms with Gasteiger partial charge in [-0.2, -0.15) is 9.98 Å². The molecule has 2 aromatic rings. The summed E-state index contributed by atoms with van der Waals surface area (Å²) in [5, 5.41) is 0. The maximum absolute atomic E-state index is 13.5. The molecule has 0 radical (unpaired) electrons. The van der Waals surface area contributed by atoms with Crippen molar-refractivity contribution >= 4 is 23.5 Å². The van der Waals surface area contributed by atoms with Crippen LogP contribution in [0.4, 0.5) is 28.9 Å². The van der Waals surface area contributed by atoms with E-state index in [9.17, 15) is 27.2 Å². The molecule has 0 heterocycles. The van der Waals surface area contributed by atoms with Gasteiger partial charge < -0.3 is 4.74 Å². The Bertz CT molecular complexity index is 755. The van der Waals surface area contributed by atoms with Crippen molar-refractivity contribution in [3.05, 3.63) is 47.5 Å². The summed E-state index contributed by atoms with van der Waals surface area (Å²) in [6, 6.07) is 2.64. The van der Waals surface area contributed by atoms with E-state index in [1.165, 1.54) is 0 Å². The summed E-state index contributed by atoms with van der Waals surface area (Å²) < 4.78 is 59.0. The number of hydrogen-bond acceptors (Lipinski definition) is 5. The van der Waals surface area contributed by atoms with Crippen LogP contribution in [0.2, 0.25) is 0 Å². The molecule has 0 amide bonds. The fraction of sp³-hybridized carbons (Fsp3) is 0. The molecular formula is C14H4F4N2O3. The lowest BCUT2D eigenvalue weighted by atomic mass is 10.2. The van der Waals surface area contributed by atoms with Crippen molar-refractivity contribution in [2.24, 2.45) is 9.98 Å². The Hall–Kier alpha value is -3.28. The topological polar surface area (TPSA) is 68.1 Å². The highest BCUT2D eigenvalue weighted by molar-refractivity contribution is 5.54. The summed E-state index contributed by atoms with van der Waals surface area (Å²) in [4.78, 5) is 25.7. The van der Waals surface area contributed by atoms with Gasteiger partial charge in [-0.1, -0.05) is 0 Å². The van der Waals surface area contributed by atoms with Crippen molar-refractivity contribution in [3.63, 3.8) is 0 Å². The Labute approximate surface area is 125 Å². The largest absolute Gasteiger partial charge is 0.457 e. The maximum Gasteiger partial charge on any atom is 0.240 e. The molecule has 0 spiro atoms. The molecule has 5 nitrogen and oxygen atoms in total. The van der Waals surface area contributed by atoms with Crippen molar-refractivity contribution < 1.29 is 31.9 Å². The van der Waals surface area contributed by atoms with Crippen LogP contribution in [0.15, 0.2) is 34.3 Å². The van der Waals surface area contributed by atoms with Crippen molar-refractivity contribution in [2.75, 3.05) is 0 Å². The molecule has 0 saturated carbocycles. The number of aliphatic imine (C=N–C) groups is 2. The molecule has 0 bridgehead atoms. The van der Waals surface area contributed by atoms with Crippen molar-refractivity contribution in [1.82, 2.24) is 0 Å². The summed E-state index contributed by atoms with van der Waals surface area (Å²) in [7, 11) is 0. The van der Waals surface area contributed by atoms with Crippen LogP contribution in [-0.2, 0) is 9.59 Å². The molecule has 0 aliphatic carbocycles. The molecule has 0 atom stereocenters. The van der Waals surface area contributed by atoms with E-state index >= 15 is 0 Å². The average molecular weight is 324 g/mol. The Kier molecular flexibility index (Phi) is 4.66. The van der Waals surface area contributed by atoms with E-state index in [4.69, 9.17) is 4.74 Å². The molecule has 0 N–H and O–H groups in total. The minimum absolute atomic E-state index is 0.435. The molecule has 2 rings (SSSR count). The van der Waals surface area contributed by atoms with Gasteiger partial charge in [-0.25, -0.2) is 27.2 Å². The van der Waals surface area contributed by atoms with E-state index in [-0.39, 0.29) is 0 Å². The quantitative estimate of drug-likeness (QED) is 0.485. The van der Waals surface area contributed by atoms with Gasteiger partial charge in [-0.05, 0) is 0 Å². The normalized spacial score (nSPS) is 9.74. The zero-order chi connectivity index (χ0) is 17.0. The minimum atomic E-state index is -1.23. The highest BCUT2D eigenvalue weighted by atomic mass is 19.1. The highest BCUT2D eigenvalue weighted by Crippen LogP contribution is 2.32. The average Bonchev–Trinajstić information content (AvgIpc) is 2.47. The molecule has 2 aromatic carbocycles. The van der Waals surface area contributed by atoms with E-state index in [1.807, 2.05) is 0 Å². The van der Waals surface area contributed by atoms with Crippen molar-refractivity contribution in [2.45, 2.75) is 0 Å². The third-order valence-corrected chi connectivity index (χ3v) is 2.53. The second kappa shape index (κ2) is 6.65. The highest BCUT2D eigenvalue weighted by Gasteiger charge is 2.15. The van der Waals surface area contributed by atoms with Crippen molar-refractivity contribution in [3.8, 4) is 11.5 Å². The molecule has 0 saturated heterocycles. The van der Waals surface area contributed by atoms with E-state index in [1.54, 1.807) is 0 Å². The first kappa shape index (κ1) is 16.1. The van der Waals surface area contributed by atoms with Gasteiger partial charge in [-0.15, -0.1) is 0 Å². The number of benzene rings is 2. The third kappa shape index (κ3) is 3.49. The lowest BCUT2D eigenvalue weighted by Gasteiger charge is -2.08. The van der Waals surface area contributed by atoms with Crippen LogP contribution in [-0.4, -0.2) is 12.2 Å². The van der Waals surface area contributed by atoms with Crippen LogP contribution >= 0.6 is 0 Å². The second-order valence-electron chi connectivity index (χ2n) is 3.98. The fourth-order valence-electron chi connectivity index (χ4n) is 1.64. The smallest absolute Gasteiger partial charge is 0.240 e. The van der Waals surface area contributed by atoms with Gasteiger partial charge in [0.15, 0.2) is 23.3 Å². The van der Waals surface area contributed by atoms with Crippen molar-refractivity contribution in [1.29, 1.82) is 0 Å². The predicted molar refractivity (Wildman–Crippen MR) is 68.4 cm³/mol. The van der Waals surface area contributed by atoms with Crippen LogP contribution in [0.25, 0.3) is 0 Å². The van der Waals surface area contributed by atoms with Gasteiger partial charge in [0.2, 0.25) is 12.2 Å². The first-order valence-corrected chi connectivity index (χ1v) is 5.78. The number of nitrogens with zero attached hydrogens (tertiary/aromatic N) is 2.